The van der Waals surface area contributed by atoms with Crippen LogP contribution in [0.2, 0.25) is 0 Å². The van der Waals surface area contributed by atoms with Gasteiger partial charge in [0.1, 0.15) is 11.8 Å². The summed E-state index contributed by atoms with van der Waals surface area (Å²) in [5.41, 5.74) is 3.86. The van der Waals surface area contributed by atoms with Gasteiger partial charge in [-0.3, -0.25) is 0 Å². The van der Waals surface area contributed by atoms with E-state index < -0.39 is 0 Å². The van der Waals surface area contributed by atoms with Crippen LogP contribution in [-0.4, -0.2) is 9.97 Å². The fourth-order valence-electron chi connectivity index (χ4n) is 1.74. The number of aryl methyl sites for hydroxylation is 2. The SMILES string of the molecule is CCc1cc(Nc2nccc(C#N)n2)ccc1C. The molecule has 2 rings (SSSR count). The van der Waals surface area contributed by atoms with Crippen LogP contribution >= 0.6 is 0 Å². The molecule has 18 heavy (non-hydrogen) atoms. The Balaban J connectivity index is 2.26. The van der Waals surface area contributed by atoms with Crippen LogP contribution < -0.4 is 5.32 Å². The third-order valence-corrected chi connectivity index (χ3v) is 2.76. The molecule has 0 unspecified atom stereocenters. The van der Waals surface area contributed by atoms with Gasteiger partial charge < -0.3 is 5.32 Å². The smallest absolute Gasteiger partial charge is 0.228 e. The zero-order valence-corrected chi connectivity index (χ0v) is 10.4. The Kier molecular flexibility index (Phi) is 3.54. The summed E-state index contributed by atoms with van der Waals surface area (Å²) in [7, 11) is 0. The quantitative estimate of drug-likeness (QED) is 0.893. The standard InChI is InChI=1S/C14H14N4/c1-3-11-8-12(5-4-10(11)2)17-14-16-7-6-13(9-15)18-14/h4-8H,3H2,1-2H3,(H,16,17,18). The van der Waals surface area contributed by atoms with Gasteiger partial charge in [0.2, 0.25) is 5.95 Å². The molecule has 0 spiro atoms. The van der Waals surface area contributed by atoms with Crippen molar-refractivity contribution in [2.24, 2.45) is 0 Å². The number of hydrogen-bond donors (Lipinski definition) is 1. The lowest BCUT2D eigenvalue weighted by Crippen LogP contribution is -1.99. The molecule has 0 aliphatic rings. The van der Waals surface area contributed by atoms with Crippen molar-refractivity contribution in [3.05, 3.63) is 47.3 Å². The molecule has 0 fully saturated rings. The molecule has 0 saturated heterocycles. The summed E-state index contributed by atoms with van der Waals surface area (Å²) < 4.78 is 0. The van der Waals surface area contributed by atoms with Crippen molar-refractivity contribution in [3.63, 3.8) is 0 Å². The summed E-state index contributed by atoms with van der Waals surface area (Å²) in [4.78, 5) is 8.17. The van der Waals surface area contributed by atoms with Gasteiger partial charge in [0.25, 0.3) is 0 Å². The molecule has 4 nitrogen and oxygen atoms in total. The number of rotatable bonds is 3. The number of aromatic nitrogens is 2. The van der Waals surface area contributed by atoms with E-state index in [9.17, 15) is 0 Å². The third-order valence-electron chi connectivity index (χ3n) is 2.76. The number of nitrogens with one attached hydrogen (secondary N) is 1. The van der Waals surface area contributed by atoms with Gasteiger partial charge in [-0.05, 0) is 42.7 Å². The lowest BCUT2D eigenvalue weighted by molar-refractivity contribution is 1.10. The summed E-state index contributed by atoms with van der Waals surface area (Å²) >= 11 is 0. The molecule has 1 aromatic carbocycles. The summed E-state index contributed by atoms with van der Waals surface area (Å²) in [6.45, 7) is 4.22. The van der Waals surface area contributed by atoms with Crippen molar-refractivity contribution in [1.29, 1.82) is 5.26 Å². The van der Waals surface area contributed by atoms with Crippen molar-refractivity contribution in [2.75, 3.05) is 5.32 Å². The van der Waals surface area contributed by atoms with Gasteiger partial charge >= 0.3 is 0 Å². The minimum absolute atomic E-state index is 0.357. The van der Waals surface area contributed by atoms with Crippen molar-refractivity contribution in [2.45, 2.75) is 20.3 Å². The lowest BCUT2D eigenvalue weighted by Gasteiger charge is -2.08. The Bertz CT molecular complexity index is 599. The van der Waals surface area contributed by atoms with Crippen LogP contribution in [0.4, 0.5) is 11.6 Å². The molecule has 1 aromatic heterocycles. The van der Waals surface area contributed by atoms with Crippen molar-refractivity contribution in [3.8, 4) is 6.07 Å². The molecule has 0 atom stereocenters. The molecule has 2 aromatic rings. The predicted molar refractivity (Wildman–Crippen MR) is 70.6 cm³/mol. The largest absolute Gasteiger partial charge is 0.324 e. The molecule has 0 bridgehead atoms. The molecule has 0 aliphatic carbocycles. The second kappa shape index (κ2) is 5.28. The van der Waals surface area contributed by atoms with E-state index in [4.69, 9.17) is 5.26 Å². The first-order chi connectivity index (χ1) is 8.72. The van der Waals surface area contributed by atoms with Gasteiger partial charge in [-0.1, -0.05) is 13.0 Å². The highest BCUT2D eigenvalue weighted by molar-refractivity contribution is 5.56. The van der Waals surface area contributed by atoms with Crippen LogP contribution in [0.1, 0.15) is 23.7 Å². The Labute approximate surface area is 106 Å². The van der Waals surface area contributed by atoms with Gasteiger partial charge in [-0.15, -0.1) is 0 Å². The molecule has 4 heteroatoms. The van der Waals surface area contributed by atoms with Crippen molar-refractivity contribution in [1.82, 2.24) is 9.97 Å². The maximum absolute atomic E-state index is 8.78. The van der Waals surface area contributed by atoms with Gasteiger partial charge in [0.15, 0.2) is 0 Å². The van der Waals surface area contributed by atoms with Crippen LogP contribution in [-0.2, 0) is 6.42 Å². The van der Waals surface area contributed by atoms with Gasteiger partial charge in [-0.25, -0.2) is 9.97 Å². The molecule has 1 N–H and O–H groups in total. The van der Waals surface area contributed by atoms with E-state index in [1.165, 1.54) is 11.1 Å². The second-order valence-corrected chi connectivity index (χ2v) is 4.00. The molecule has 0 aliphatic heterocycles. The predicted octanol–water partition coefficient (Wildman–Crippen LogP) is 2.96. The van der Waals surface area contributed by atoms with E-state index >= 15 is 0 Å². The van der Waals surface area contributed by atoms with Gasteiger partial charge in [0, 0.05) is 11.9 Å². The molecule has 1 heterocycles. The van der Waals surface area contributed by atoms with E-state index in [1.54, 1.807) is 12.3 Å². The molecule has 0 amide bonds. The Morgan fingerprint density at radius 1 is 1.33 bits per heavy atom. The van der Waals surface area contributed by atoms with E-state index in [1.807, 2.05) is 12.1 Å². The average Bonchev–Trinajstić information content (AvgIpc) is 2.41. The zero-order valence-electron chi connectivity index (χ0n) is 10.4. The number of nitriles is 1. The molecule has 90 valence electrons. The van der Waals surface area contributed by atoms with Crippen LogP contribution in [0.3, 0.4) is 0 Å². The maximum Gasteiger partial charge on any atom is 0.228 e. The normalized spacial score (nSPS) is 9.83. The van der Waals surface area contributed by atoms with E-state index in [0.717, 1.165) is 12.1 Å². The summed E-state index contributed by atoms with van der Waals surface area (Å²) in [6, 6.07) is 9.70. The fraction of sp³-hybridized carbons (Fsp3) is 0.214. The van der Waals surface area contributed by atoms with Crippen molar-refractivity contribution >= 4 is 11.6 Å². The first-order valence-electron chi connectivity index (χ1n) is 5.82. The van der Waals surface area contributed by atoms with Gasteiger partial charge in [-0.2, -0.15) is 5.26 Å². The number of anilines is 2. The van der Waals surface area contributed by atoms with Crippen molar-refractivity contribution < 1.29 is 0 Å². The van der Waals surface area contributed by atoms with Crippen LogP contribution in [0.15, 0.2) is 30.5 Å². The highest BCUT2D eigenvalue weighted by Crippen LogP contribution is 2.18. The monoisotopic (exact) mass is 238 g/mol. The molecule has 0 saturated carbocycles. The van der Waals surface area contributed by atoms with Gasteiger partial charge in [0.05, 0.1) is 0 Å². The van der Waals surface area contributed by atoms with Crippen LogP contribution in [0.5, 0.6) is 0 Å². The minimum atomic E-state index is 0.357. The topological polar surface area (TPSA) is 61.6 Å². The summed E-state index contributed by atoms with van der Waals surface area (Å²) in [5, 5.41) is 11.9. The highest BCUT2D eigenvalue weighted by atomic mass is 15.1. The molecule has 0 radical (unpaired) electrons. The number of benzene rings is 1. The second-order valence-electron chi connectivity index (χ2n) is 4.00. The minimum Gasteiger partial charge on any atom is -0.324 e. The Hall–Kier alpha value is -2.41. The Morgan fingerprint density at radius 3 is 2.89 bits per heavy atom. The number of hydrogen-bond acceptors (Lipinski definition) is 4. The maximum atomic E-state index is 8.78. The van der Waals surface area contributed by atoms with E-state index in [0.29, 0.717) is 11.6 Å². The average molecular weight is 238 g/mol. The summed E-state index contributed by atoms with van der Waals surface area (Å²) in [6.07, 6.45) is 2.56. The Morgan fingerprint density at radius 2 is 2.17 bits per heavy atom. The lowest BCUT2D eigenvalue weighted by atomic mass is 10.1. The van der Waals surface area contributed by atoms with E-state index in [-0.39, 0.29) is 0 Å². The third kappa shape index (κ3) is 2.64. The number of nitrogens with zero attached hydrogens (tertiary/aromatic N) is 3. The zero-order chi connectivity index (χ0) is 13.0. The van der Waals surface area contributed by atoms with E-state index in [2.05, 4.69) is 41.3 Å². The molecular weight excluding hydrogens is 224 g/mol. The first-order valence-corrected chi connectivity index (χ1v) is 5.82. The first kappa shape index (κ1) is 12.1. The summed E-state index contributed by atoms with van der Waals surface area (Å²) in [5.74, 6) is 0.444. The van der Waals surface area contributed by atoms with Crippen LogP contribution in [0, 0.1) is 18.3 Å². The van der Waals surface area contributed by atoms with Crippen LogP contribution in [0.25, 0.3) is 0 Å². The fourth-order valence-corrected chi connectivity index (χ4v) is 1.74. The highest BCUT2D eigenvalue weighted by Gasteiger charge is 2.02. The molecular formula is C14H14N4.